The molecule has 0 atom stereocenters. The zero-order chi connectivity index (χ0) is 13.1. The Hall–Kier alpha value is -0.970. The van der Waals surface area contributed by atoms with Crippen molar-refractivity contribution in [1.82, 2.24) is 0 Å². The van der Waals surface area contributed by atoms with E-state index in [0.29, 0.717) is 0 Å². The van der Waals surface area contributed by atoms with E-state index in [0.717, 1.165) is 14.3 Å². The van der Waals surface area contributed by atoms with Gasteiger partial charge < -0.3 is 5.11 Å². The lowest BCUT2D eigenvalue weighted by Crippen LogP contribution is -1.97. The standard InChI is InChI=1S/C13H8BrClO2S/c14-8-1-3-9(4-2-8)18-10-5-6-12(15)11(7-10)13(16)17/h1-7H,(H,16,17). The van der Waals surface area contributed by atoms with Crippen molar-refractivity contribution in [2.75, 3.05) is 0 Å². The molecule has 0 heterocycles. The highest BCUT2D eigenvalue weighted by Crippen LogP contribution is 2.31. The summed E-state index contributed by atoms with van der Waals surface area (Å²) in [7, 11) is 0. The number of aromatic carboxylic acids is 1. The van der Waals surface area contributed by atoms with Gasteiger partial charge in [-0.25, -0.2) is 4.79 Å². The van der Waals surface area contributed by atoms with Gasteiger partial charge in [-0.2, -0.15) is 0 Å². The first-order valence-electron chi connectivity index (χ1n) is 5.02. The van der Waals surface area contributed by atoms with Gasteiger partial charge in [-0.1, -0.05) is 39.3 Å². The molecule has 1 N–H and O–H groups in total. The van der Waals surface area contributed by atoms with Crippen molar-refractivity contribution in [3.05, 3.63) is 57.5 Å². The molecule has 0 fully saturated rings. The fourth-order valence-corrected chi connectivity index (χ4v) is 2.69. The molecule has 2 aromatic rings. The first-order valence-corrected chi connectivity index (χ1v) is 7.01. The SMILES string of the molecule is O=C(O)c1cc(Sc2ccc(Br)cc2)ccc1Cl. The lowest BCUT2D eigenvalue weighted by Gasteiger charge is -2.04. The van der Waals surface area contributed by atoms with Crippen LogP contribution in [0.1, 0.15) is 10.4 Å². The number of carboxylic acid groups (broad SMARTS) is 1. The molecule has 2 nitrogen and oxygen atoms in total. The lowest BCUT2D eigenvalue weighted by molar-refractivity contribution is 0.0697. The third kappa shape index (κ3) is 3.28. The molecule has 92 valence electrons. The van der Waals surface area contributed by atoms with Crippen molar-refractivity contribution in [2.24, 2.45) is 0 Å². The molecule has 0 saturated heterocycles. The molecule has 0 aliphatic carbocycles. The molecule has 0 aliphatic heterocycles. The van der Waals surface area contributed by atoms with Gasteiger partial charge in [0.15, 0.2) is 0 Å². The molecule has 5 heteroatoms. The molecule has 0 aliphatic rings. The van der Waals surface area contributed by atoms with Crippen LogP contribution in [0.2, 0.25) is 5.02 Å². The first kappa shape index (κ1) is 13.5. The fourth-order valence-electron chi connectivity index (χ4n) is 1.37. The van der Waals surface area contributed by atoms with Gasteiger partial charge in [-0.05, 0) is 42.5 Å². The molecule has 0 radical (unpaired) electrons. The van der Waals surface area contributed by atoms with E-state index in [-0.39, 0.29) is 10.6 Å². The van der Waals surface area contributed by atoms with Gasteiger partial charge in [0, 0.05) is 14.3 Å². The van der Waals surface area contributed by atoms with E-state index in [2.05, 4.69) is 15.9 Å². The predicted molar refractivity (Wildman–Crippen MR) is 76.7 cm³/mol. The van der Waals surface area contributed by atoms with E-state index < -0.39 is 5.97 Å². The van der Waals surface area contributed by atoms with E-state index in [9.17, 15) is 4.79 Å². The van der Waals surface area contributed by atoms with Gasteiger partial charge in [0.25, 0.3) is 0 Å². The van der Waals surface area contributed by atoms with Crippen molar-refractivity contribution in [2.45, 2.75) is 9.79 Å². The first-order chi connectivity index (χ1) is 8.56. The van der Waals surface area contributed by atoms with Crippen LogP contribution in [-0.4, -0.2) is 11.1 Å². The fraction of sp³-hybridized carbons (Fsp3) is 0. The van der Waals surface area contributed by atoms with Crippen LogP contribution in [0, 0.1) is 0 Å². The third-order valence-corrected chi connectivity index (χ3v) is 4.07. The highest BCUT2D eigenvalue weighted by atomic mass is 79.9. The van der Waals surface area contributed by atoms with Crippen molar-refractivity contribution in [1.29, 1.82) is 0 Å². The van der Waals surface area contributed by atoms with Gasteiger partial charge in [-0.15, -0.1) is 0 Å². The van der Waals surface area contributed by atoms with E-state index >= 15 is 0 Å². The van der Waals surface area contributed by atoms with Crippen LogP contribution in [0.25, 0.3) is 0 Å². The summed E-state index contributed by atoms with van der Waals surface area (Å²) in [5.74, 6) is -1.02. The minimum atomic E-state index is -1.02. The molecule has 0 spiro atoms. The summed E-state index contributed by atoms with van der Waals surface area (Å²) in [4.78, 5) is 12.9. The Morgan fingerprint density at radius 3 is 2.33 bits per heavy atom. The summed E-state index contributed by atoms with van der Waals surface area (Å²) < 4.78 is 1.01. The summed E-state index contributed by atoms with van der Waals surface area (Å²) in [5, 5.41) is 9.25. The van der Waals surface area contributed by atoms with E-state index in [1.807, 2.05) is 30.3 Å². The monoisotopic (exact) mass is 342 g/mol. The van der Waals surface area contributed by atoms with Crippen LogP contribution in [0.15, 0.2) is 56.7 Å². The number of hydrogen-bond acceptors (Lipinski definition) is 2. The van der Waals surface area contributed by atoms with Crippen LogP contribution in [0.3, 0.4) is 0 Å². The number of benzene rings is 2. The molecule has 0 saturated carbocycles. The Morgan fingerprint density at radius 2 is 1.72 bits per heavy atom. The van der Waals surface area contributed by atoms with E-state index in [1.165, 1.54) is 11.8 Å². The number of halogens is 2. The third-order valence-electron chi connectivity index (χ3n) is 2.22. The Balaban J connectivity index is 2.27. The number of hydrogen-bond donors (Lipinski definition) is 1. The zero-order valence-corrected chi connectivity index (χ0v) is 12.2. The number of rotatable bonds is 3. The van der Waals surface area contributed by atoms with E-state index in [1.54, 1.807) is 12.1 Å². The molecule has 0 aromatic heterocycles. The highest BCUT2D eigenvalue weighted by Gasteiger charge is 2.09. The topological polar surface area (TPSA) is 37.3 Å². The van der Waals surface area contributed by atoms with Crippen LogP contribution < -0.4 is 0 Å². The molecule has 2 rings (SSSR count). The van der Waals surface area contributed by atoms with Gasteiger partial charge in [0.2, 0.25) is 0 Å². The Labute approximate surface area is 122 Å². The molecule has 18 heavy (non-hydrogen) atoms. The van der Waals surface area contributed by atoms with Crippen molar-refractivity contribution in [3.8, 4) is 0 Å². The maximum Gasteiger partial charge on any atom is 0.337 e. The lowest BCUT2D eigenvalue weighted by atomic mass is 10.2. The Morgan fingerprint density at radius 1 is 1.11 bits per heavy atom. The van der Waals surface area contributed by atoms with Crippen molar-refractivity contribution in [3.63, 3.8) is 0 Å². The maximum atomic E-state index is 11.0. The summed E-state index contributed by atoms with van der Waals surface area (Å²) in [6, 6.07) is 12.8. The number of carbonyl (C=O) groups is 1. The second-order valence-corrected chi connectivity index (χ2v) is 5.97. The Kier molecular flexibility index (Phi) is 4.32. The van der Waals surface area contributed by atoms with Crippen molar-refractivity contribution < 1.29 is 9.90 Å². The highest BCUT2D eigenvalue weighted by molar-refractivity contribution is 9.10. The summed E-state index contributed by atoms with van der Waals surface area (Å²) in [6.07, 6.45) is 0. The van der Waals surface area contributed by atoms with E-state index in [4.69, 9.17) is 16.7 Å². The maximum absolute atomic E-state index is 11.0. The predicted octanol–water partition coefficient (Wildman–Crippen LogP) is 4.95. The smallest absolute Gasteiger partial charge is 0.337 e. The zero-order valence-electron chi connectivity index (χ0n) is 9.06. The van der Waals surface area contributed by atoms with Gasteiger partial charge in [0.1, 0.15) is 0 Å². The second kappa shape index (κ2) is 5.78. The molecule has 2 aromatic carbocycles. The normalized spacial score (nSPS) is 10.3. The average molecular weight is 344 g/mol. The van der Waals surface area contributed by atoms with Crippen LogP contribution >= 0.6 is 39.3 Å². The largest absolute Gasteiger partial charge is 0.478 e. The summed E-state index contributed by atoms with van der Waals surface area (Å²) in [6.45, 7) is 0. The van der Waals surface area contributed by atoms with Gasteiger partial charge in [-0.3, -0.25) is 0 Å². The molecule has 0 amide bonds. The molecular formula is C13H8BrClO2S. The summed E-state index contributed by atoms with van der Waals surface area (Å²) >= 11 is 10.7. The summed E-state index contributed by atoms with van der Waals surface area (Å²) in [5.41, 5.74) is 0.124. The van der Waals surface area contributed by atoms with Crippen molar-refractivity contribution >= 4 is 45.3 Å². The second-order valence-electron chi connectivity index (χ2n) is 3.50. The minimum absolute atomic E-state index is 0.124. The van der Waals surface area contributed by atoms with Crippen LogP contribution in [0.4, 0.5) is 0 Å². The Bertz CT molecular complexity index is 584. The molecule has 0 unspecified atom stereocenters. The van der Waals surface area contributed by atoms with Gasteiger partial charge >= 0.3 is 5.97 Å². The quantitative estimate of drug-likeness (QED) is 0.856. The van der Waals surface area contributed by atoms with Crippen LogP contribution in [0.5, 0.6) is 0 Å². The molecule has 0 bridgehead atoms. The minimum Gasteiger partial charge on any atom is -0.478 e. The van der Waals surface area contributed by atoms with Crippen LogP contribution in [-0.2, 0) is 0 Å². The number of carboxylic acids is 1. The average Bonchev–Trinajstić information content (AvgIpc) is 2.34. The van der Waals surface area contributed by atoms with Gasteiger partial charge in [0.05, 0.1) is 10.6 Å². The molecular weight excluding hydrogens is 336 g/mol.